The molecule has 0 amide bonds. The van der Waals surface area contributed by atoms with E-state index in [1.807, 2.05) is 55.5 Å². The van der Waals surface area contributed by atoms with Crippen molar-refractivity contribution in [1.82, 2.24) is 0 Å². The summed E-state index contributed by atoms with van der Waals surface area (Å²) < 4.78 is 16.3. The first kappa shape index (κ1) is 20.0. The third kappa shape index (κ3) is 3.55. The molecule has 31 heavy (non-hydrogen) atoms. The molecule has 158 valence electrons. The smallest absolute Gasteiger partial charge is 0.231 e. The van der Waals surface area contributed by atoms with Crippen LogP contribution in [0.4, 0.5) is 0 Å². The van der Waals surface area contributed by atoms with Gasteiger partial charge < -0.3 is 14.2 Å². The molecule has 1 heterocycles. The van der Waals surface area contributed by atoms with Crippen LogP contribution in [0.15, 0.2) is 54.6 Å². The largest absolute Gasteiger partial charge is 0.497 e. The zero-order chi connectivity index (χ0) is 21.6. The van der Waals surface area contributed by atoms with Crippen LogP contribution in [0.25, 0.3) is 11.1 Å². The first-order valence-corrected chi connectivity index (χ1v) is 10.7. The van der Waals surface area contributed by atoms with E-state index >= 15 is 0 Å². The minimum Gasteiger partial charge on any atom is -0.497 e. The molecular weight excluding hydrogens is 412 g/mol. The van der Waals surface area contributed by atoms with Gasteiger partial charge in [0.05, 0.1) is 12.5 Å². The van der Waals surface area contributed by atoms with Gasteiger partial charge in [-0.1, -0.05) is 35.9 Å². The highest BCUT2D eigenvalue weighted by Crippen LogP contribution is 2.51. The SMILES string of the molecule is COc1ccc(Cl)c(-c2cc(CC(=O)C3(c4ccc5c(c4)OCO5)CC3)ccc2C)c1. The number of carbonyl (C=O) groups is 1. The van der Waals surface area contributed by atoms with Gasteiger partial charge in [-0.25, -0.2) is 0 Å². The number of ketones is 1. The van der Waals surface area contributed by atoms with E-state index < -0.39 is 5.41 Å². The lowest BCUT2D eigenvalue weighted by Crippen LogP contribution is -2.22. The Bertz CT molecular complexity index is 1180. The Kier molecular flexibility index (Phi) is 4.90. The van der Waals surface area contributed by atoms with Crippen LogP contribution in [0.2, 0.25) is 5.02 Å². The van der Waals surface area contributed by atoms with Crippen LogP contribution < -0.4 is 14.2 Å². The molecule has 0 spiro atoms. The molecule has 0 saturated heterocycles. The highest BCUT2D eigenvalue weighted by atomic mass is 35.5. The number of methoxy groups -OCH3 is 1. The van der Waals surface area contributed by atoms with Gasteiger partial charge in [0.25, 0.3) is 0 Å². The van der Waals surface area contributed by atoms with E-state index in [9.17, 15) is 4.79 Å². The molecule has 0 N–H and O–H groups in total. The van der Waals surface area contributed by atoms with E-state index in [1.165, 1.54) is 0 Å². The van der Waals surface area contributed by atoms with Crippen LogP contribution in [-0.4, -0.2) is 19.7 Å². The summed E-state index contributed by atoms with van der Waals surface area (Å²) in [6, 6.07) is 17.6. The van der Waals surface area contributed by atoms with Crippen molar-refractivity contribution in [2.45, 2.75) is 31.6 Å². The van der Waals surface area contributed by atoms with Crippen LogP contribution in [0.5, 0.6) is 17.2 Å². The molecule has 2 aliphatic rings. The summed E-state index contributed by atoms with van der Waals surface area (Å²) in [6.07, 6.45) is 2.11. The van der Waals surface area contributed by atoms with Gasteiger partial charge >= 0.3 is 0 Å². The lowest BCUT2D eigenvalue weighted by atomic mass is 9.87. The Hall–Kier alpha value is -2.98. The number of aryl methyl sites for hydroxylation is 1. The van der Waals surface area contributed by atoms with Crippen molar-refractivity contribution in [3.63, 3.8) is 0 Å². The molecule has 5 rings (SSSR count). The van der Waals surface area contributed by atoms with E-state index in [0.717, 1.165) is 57.9 Å². The lowest BCUT2D eigenvalue weighted by Gasteiger charge is -2.16. The molecule has 5 heteroatoms. The van der Waals surface area contributed by atoms with Crippen molar-refractivity contribution in [2.24, 2.45) is 0 Å². The van der Waals surface area contributed by atoms with Gasteiger partial charge in [0.1, 0.15) is 11.5 Å². The predicted octanol–water partition coefficient (Wildman–Crippen LogP) is 5.90. The zero-order valence-electron chi connectivity index (χ0n) is 17.5. The topological polar surface area (TPSA) is 44.8 Å². The highest BCUT2D eigenvalue weighted by Gasteiger charge is 2.50. The number of halogens is 1. The Morgan fingerprint density at radius 1 is 1.00 bits per heavy atom. The maximum atomic E-state index is 13.4. The number of rotatable bonds is 6. The summed E-state index contributed by atoms with van der Waals surface area (Å²) in [7, 11) is 1.64. The van der Waals surface area contributed by atoms with Crippen molar-refractivity contribution >= 4 is 17.4 Å². The molecule has 1 saturated carbocycles. The average Bonchev–Trinajstić information content (AvgIpc) is 3.46. The molecule has 3 aromatic rings. The van der Waals surface area contributed by atoms with E-state index in [0.29, 0.717) is 11.4 Å². The first-order chi connectivity index (χ1) is 15.0. The minimum atomic E-state index is -0.417. The van der Waals surface area contributed by atoms with Gasteiger partial charge in [-0.05, 0) is 72.4 Å². The van der Waals surface area contributed by atoms with Crippen molar-refractivity contribution in [2.75, 3.05) is 13.9 Å². The molecule has 0 bridgehead atoms. The number of carbonyl (C=O) groups excluding carboxylic acids is 1. The monoisotopic (exact) mass is 434 g/mol. The van der Waals surface area contributed by atoms with E-state index in [-0.39, 0.29) is 12.6 Å². The number of fused-ring (bicyclic) bond motifs is 1. The standard InChI is InChI=1S/C26H23ClO4/c1-16-3-4-17(11-20(16)21-14-19(29-2)6-7-22(21)27)12-25(28)26(9-10-26)18-5-8-23-24(13-18)31-15-30-23/h3-8,11,13-14H,9-10,12,15H2,1-2H3. The second-order valence-corrected chi connectivity index (χ2v) is 8.65. The zero-order valence-corrected chi connectivity index (χ0v) is 18.3. The van der Waals surface area contributed by atoms with Crippen LogP contribution in [0.3, 0.4) is 0 Å². The van der Waals surface area contributed by atoms with Crippen LogP contribution in [-0.2, 0) is 16.6 Å². The van der Waals surface area contributed by atoms with Gasteiger partial charge in [-0.3, -0.25) is 4.79 Å². The second kappa shape index (κ2) is 7.61. The number of Topliss-reactive ketones (excluding diaryl/α,β-unsaturated/α-hetero) is 1. The lowest BCUT2D eigenvalue weighted by molar-refractivity contribution is -0.120. The first-order valence-electron chi connectivity index (χ1n) is 10.4. The summed E-state index contributed by atoms with van der Waals surface area (Å²) in [4.78, 5) is 13.4. The quantitative estimate of drug-likeness (QED) is 0.484. The van der Waals surface area contributed by atoms with Gasteiger partial charge in [0.15, 0.2) is 11.5 Å². The molecule has 1 aliphatic heterocycles. The molecule has 0 aromatic heterocycles. The molecular formula is C26H23ClO4. The number of benzene rings is 3. The molecule has 1 aliphatic carbocycles. The fourth-order valence-corrected chi connectivity index (χ4v) is 4.53. The molecule has 3 aromatic carbocycles. The van der Waals surface area contributed by atoms with Crippen molar-refractivity contribution in [1.29, 1.82) is 0 Å². The Morgan fingerprint density at radius 2 is 1.81 bits per heavy atom. The van der Waals surface area contributed by atoms with E-state index in [2.05, 4.69) is 6.07 Å². The Balaban J connectivity index is 1.43. The molecule has 4 nitrogen and oxygen atoms in total. The third-order valence-electron chi connectivity index (χ3n) is 6.34. The summed E-state index contributed by atoms with van der Waals surface area (Å²) in [5.74, 6) is 2.45. The third-order valence-corrected chi connectivity index (χ3v) is 6.67. The highest BCUT2D eigenvalue weighted by molar-refractivity contribution is 6.33. The van der Waals surface area contributed by atoms with Crippen LogP contribution >= 0.6 is 11.6 Å². The summed E-state index contributed by atoms with van der Waals surface area (Å²) >= 11 is 6.48. The van der Waals surface area contributed by atoms with E-state index in [1.54, 1.807) is 7.11 Å². The second-order valence-electron chi connectivity index (χ2n) is 8.25. The number of hydrogen-bond acceptors (Lipinski definition) is 4. The maximum Gasteiger partial charge on any atom is 0.231 e. The van der Waals surface area contributed by atoms with Gasteiger partial charge in [0.2, 0.25) is 6.79 Å². The minimum absolute atomic E-state index is 0.234. The van der Waals surface area contributed by atoms with Crippen molar-refractivity contribution < 1.29 is 19.0 Å². The molecule has 0 atom stereocenters. The predicted molar refractivity (Wildman–Crippen MR) is 120 cm³/mol. The van der Waals surface area contributed by atoms with Gasteiger partial charge in [0, 0.05) is 17.0 Å². The number of hydrogen-bond donors (Lipinski definition) is 0. The molecule has 0 unspecified atom stereocenters. The van der Waals surface area contributed by atoms with Gasteiger partial charge in [-0.2, -0.15) is 0 Å². The Morgan fingerprint density at radius 3 is 2.58 bits per heavy atom. The average molecular weight is 435 g/mol. The van der Waals surface area contributed by atoms with E-state index in [4.69, 9.17) is 25.8 Å². The normalized spacial score (nSPS) is 15.6. The Labute approximate surface area is 186 Å². The molecule has 0 radical (unpaired) electrons. The van der Waals surface area contributed by atoms with Crippen LogP contribution in [0, 0.1) is 6.92 Å². The van der Waals surface area contributed by atoms with Gasteiger partial charge in [-0.15, -0.1) is 0 Å². The molecule has 1 fully saturated rings. The summed E-state index contributed by atoms with van der Waals surface area (Å²) in [5, 5.41) is 0.659. The summed E-state index contributed by atoms with van der Waals surface area (Å²) in [5.41, 5.74) is 4.61. The fourth-order valence-electron chi connectivity index (χ4n) is 4.31. The van der Waals surface area contributed by atoms with Crippen molar-refractivity contribution in [3.8, 4) is 28.4 Å². The fraction of sp³-hybridized carbons (Fsp3) is 0.269. The van der Waals surface area contributed by atoms with Crippen molar-refractivity contribution in [3.05, 3.63) is 76.3 Å². The maximum absolute atomic E-state index is 13.4. The number of ether oxygens (including phenoxy) is 3. The van der Waals surface area contributed by atoms with Crippen LogP contribution in [0.1, 0.15) is 29.5 Å². The summed E-state index contributed by atoms with van der Waals surface area (Å²) in [6.45, 7) is 2.28.